The summed E-state index contributed by atoms with van der Waals surface area (Å²) in [5.41, 5.74) is -4.13. The lowest BCUT2D eigenvalue weighted by Gasteiger charge is -2.70. The van der Waals surface area contributed by atoms with Gasteiger partial charge in [-0.1, -0.05) is 32.3 Å². The molecule has 10 aliphatic rings. The molecule has 0 bridgehead atoms. The quantitative estimate of drug-likeness (QED) is 0.272. The molecule has 1 aromatic heterocycles. The molecule has 7 heterocycles. The van der Waals surface area contributed by atoms with Crippen molar-refractivity contribution >= 4 is 17.7 Å². The molecule has 57 heavy (non-hydrogen) atoms. The van der Waals surface area contributed by atoms with Crippen molar-refractivity contribution in [1.29, 1.82) is 0 Å². The Morgan fingerprint density at radius 3 is 2.65 bits per heavy atom. The summed E-state index contributed by atoms with van der Waals surface area (Å²) in [5.74, 6) is -0.0325. The van der Waals surface area contributed by atoms with Crippen LogP contribution in [0.5, 0.6) is 0 Å². The zero-order chi connectivity index (χ0) is 39.3. The lowest BCUT2D eigenvalue weighted by Crippen LogP contribution is -2.79. The van der Waals surface area contributed by atoms with E-state index in [9.17, 15) is 19.8 Å². The van der Waals surface area contributed by atoms with Gasteiger partial charge in [0.1, 0.15) is 30.2 Å². The van der Waals surface area contributed by atoms with Crippen molar-refractivity contribution in [3.05, 3.63) is 35.9 Å². The normalized spacial score (nSPS) is 48.6. The number of allylic oxidation sites excluding steroid dienone is 1. The Morgan fingerprint density at radius 1 is 1.02 bits per heavy atom. The summed E-state index contributed by atoms with van der Waals surface area (Å²) in [5, 5.41) is 27.5. The zero-order valence-corrected chi connectivity index (χ0v) is 33.7. The number of epoxide rings is 1. The first-order chi connectivity index (χ1) is 27.4. The van der Waals surface area contributed by atoms with Crippen molar-refractivity contribution in [2.75, 3.05) is 26.4 Å². The van der Waals surface area contributed by atoms with Gasteiger partial charge in [-0.2, -0.15) is 0 Å². The second-order valence-electron chi connectivity index (χ2n) is 20.6. The second-order valence-corrected chi connectivity index (χ2v) is 20.6. The van der Waals surface area contributed by atoms with E-state index in [1.54, 1.807) is 6.26 Å². The highest BCUT2D eigenvalue weighted by molar-refractivity contribution is 5.92. The number of aliphatic hydroxyl groups is 2. The molecule has 15 unspecified atom stereocenters. The van der Waals surface area contributed by atoms with Crippen LogP contribution in [0.4, 0.5) is 0 Å². The van der Waals surface area contributed by atoms with Crippen LogP contribution in [0.3, 0.4) is 0 Å². The fourth-order valence-corrected chi connectivity index (χ4v) is 16.1. The minimum Gasteiger partial charge on any atom is -0.469 e. The number of carbonyl (C=O) groups is 3. The molecule has 0 radical (unpaired) electrons. The number of nitrogens with one attached hydrogen (secondary N) is 1. The summed E-state index contributed by atoms with van der Waals surface area (Å²) in [6.45, 7) is 7.99. The standard InChI is InChI=1S/C45H60N2O10/c1-41(2)36-35(50)37(51)44(27-7-5-4-6-8-27)32(43(36)22-54-34(49)19-33(43)56-41)11-14-42(3)38(55-40(52)39-45(42,44)57-39)29-13-16-53-31(29)18-26(21-48)24-9-10-28-25(17-24)12-15-47-23-46-20-30(28)47/h12-13,15-16,24-28,30,32-33,36-39,46,48,51H,4-11,14,17-23H2,1-3H3. The van der Waals surface area contributed by atoms with Crippen molar-refractivity contribution in [3.8, 4) is 0 Å². The molecule has 11 rings (SSSR count). The number of carbonyl (C=O) groups excluding carboxylic acids is 3. The van der Waals surface area contributed by atoms with E-state index < -0.39 is 63.8 Å². The summed E-state index contributed by atoms with van der Waals surface area (Å²) in [7, 11) is 0. The van der Waals surface area contributed by atoms with Gasteiger partial charge in [0.05, 0.1) is 37.0 Å². The topological polar surface area (TPSA) is 160 Å². The maximum Gasteiger partial charge on any atom is 0.339 e. The zero-order valence-electron chi connectivity index (χ0n) is 33.7. The number of hydrogen-bond acceptors (Lipinski definition) is 12. The average Bonchev–Trinajstić information content (AvgIpc) is 3.45. The predicted molar refractivity (Wildman–Crippen MR) is 203 cm³/mol. The maximum absolute atomic E-state index is 15.2. The maximum atomic E-state index is 15.2. The van der Waals surface area contributed by atoms with Gasteiger partial charge in [-0.15, -0.1) is 0 Å². The largest absolute Gasteiger partial charge is 0.469 e. The van der Waals surface area contributed by atoms with E-state index in [0.717, 1.165) is 70.1 Å². The summed E-state index contributed by atoms with van der Waals surface area (Å²) in [6, 6.07) is 2.46. The number of nitrogens with zero attached hydrogens (tertiary/aromatic N) is 1. The highest BCUT2D eigenvalue weighted by atomic mass is 16.7. The van der Waals surface area contributed by atoms with Crippen molar-refractivity contribution < 1.29 is 48.0 Å². The summed E-state index contributed by atoms with van der Waals surface area (Å²) in [4.78, 5) is 45.0. The lowest BCUT2D eigenvalue weighted by atomic mass is 9.33. The number of hydrogen-bond donors (Lipinski definition) is 3. The van der Waals surface area contributed by atoms with Gasteiger partial charge in [0.2, 0.25) is 0 Å². The number of rotatable bonds is 6. The van der Waals surface area contributed by atoms with Gasteiger partial charge >= 0.3 is 11.9 Å². The molecule has 0 amide bonds. The van der Waals surface area contributed by atoms with E-state index in [0.29, 0.717) is 48.8 Å². The number of ether oxygens (including phenoxy) is 4. The number of aliphatic hydroxyl groups excluding tert-OH is 2. The Bertz CT molecular complexity index is 1870. The minimum absolute atomic E-state index is 0.0234. The fourth-order valence-electron chi connectivity index (χ4n) is 16.1. The van der Waals surface area contributed by atoms with Crippen molar-refractivity contribution in [1.82, 2.24) is 10.2 Å². The first-order valence-corrected chi connectivity index (χ1v) is 22.2. The molecule has 4 aliphatic carbocycles. The fraction of sp³-hybridized carbons (Fsp3) is 0.800. The number of fused-ring (bicyclic) bond motifs is 4. The van der Waals surface area contributed by atoms with E-state index in [-0.39, 0.29) is 49.1 Å². The molecule has 0 aromatic carbocycles. The van der Waals surface area contributed by atoms with Crippen LogP contribution in [-0.2, 0) is 39.8 Å². The van der Waals surface area contributed by atoms with E-state index in [1.807, 2.05) is 19.9 Å². The Balaban J connectivity index is 0.974. The molecular formula is C45H60N2O10. The molecule has 2 spiro atoms. The van der Waals surface area contributed by atoms with Crippen molar-refractivity contribution in [2.45, 2.75) is 139 Å². The molecular weight excluding hydrogens is 728 g/mol. The van der Waals surface area contributed by atoms with Crippen LogP contribution < -0.4 is 5.32 Å². The Labute approximate surface area is 334 Å². The first kappa shape index (κ1) is 37.2. The molecule has 12 heteroatoms. The molecule has 6 aliphatic heterocycles. The van der Waals surface area contributed by atoms with Crippen LogP contribution in [0.15, 0.2) is 29.0 Å². The average molecular weight is 789 g/mol. The second kappa shape index (κ2) is 12.6. The third-order valence-corrected chi connectivity index (χ3v) is 18.2. The number of ketones is 1. The highest BCUT2D eigenvalue weighted by Crippen LogP contribution is 2.82. The van der Waals surface area contributed by atoms with Gasteiger partial charge < -0.3 is 38.5 Å². The molecule has 15 atom stereocenters. The highest BCUT2D eigenvalue weighted by Gasteiger charge is 2.92. The van der Waals surface area contributed by atoms with Gasteiger partial charge in [-0.25, -0.2) is 4.79 Å². The van der Waals surface area contributed by atoms with E-state index in [1.165, 1.54) is 0 Å². The number of cyclic esters (lactones) is 2. The first-order valence-electron chi connectivity index (χ1n) is 22.2. The lowest BCUT2D eigenvalue weighted by molar-refractivity contribution is -0.275. The van der Waals surface area contributed by atoms with E-state index >= 15 is 4.79 Å². The van der Waals surface area contributed by atoms with Gasteiger partial charge in [0.25, 0.3) is 0 Å². The third-order valence-electron chi connectivity index (χ3n) is 18.2. The number of furan rings is 1. The van der Waals surface area contributed by atoms with E-state index in [2.05, 4.69) is 29.4 Å². The summed E-state index contributed by atoms with van der Waals surface area (Å²) in [6.07, 6.45) is 12.3. The Morgan fingerprint density at radius 2 is 1.84 bits per heavy atom. The molecule has 12 nitrogen and oxygen atoms in total. The SMILES string of the molecule is CC1(C)OC2CC(=O)OCC23C1C(=O)C(O)C1(C2CCCCC2)C3CCC2(C)C(c3ccoc3CC(CO)C3CCC4C(C=CN5CNCC45)C3)OC(=O)C3OC321. The van der Waals surface area contributed by atoms with Crippen LogP contribution in [0.1, 0.15) is 109 Å². The number of Topliss-reactive ketones (excluding diaryl/α,β-unsaturated/α-hetero) is 1. The van der Waals surface area contributed by atoms with Crippen LogP contribution in [-0.4, -0.2) is 94.8 Å². The molecule has 1 aromatic rings. The predicted octanol–water partition coefficient (Wildman–Crippen LogP) is 4.61. The smallest absolute Gasteiger partial charge is 0.339 e. The van der Waals surface area contributed by atoms with Gasteiger partial charge in [-0.3, -0.25) is 14.9 Å². The van der Waals surface area contributed by atoms with Gasteiger partial charge in [0, 0.05) is 47.4 Å². The molecule has 3 N–H and O–H groups in total. The third kappa shape index (κ3) is 4.66. The van der Waals surface area contributed by atoms with E-state index in [4.69, 9.17) is 23.4 Å². The van der Waals surface area contributed by atoms with Gasteiger partial charge in [0.15, 0.2) is 11.9 Å². The summed E-state index contributed by atoms with van der Waals surface area (Å²) < 4.78 is 32.5. The molecule has 5 saturated heterocycles. The summed E-state index contributed by atoms with van der Waals surface area (Å²) >= 11 is 0. The molecule has 310 valence electrons. The van der Waals surface area contributed by atoms with Crippen molar-refractivity contribution in [2.24, 2.45) is 57.7 Å². The Kier molecular flexibility index (Phi) is 8.25. The molecule has 4 saturated carbocycles. The van der Waals surface area contributed by atoms with Crippen molar-refractivity contribution in [3.63, 3.8) is 0 Å². The van der Waals surface area contributed by atoms with Crippen LogP contribution in [0.25, 0.3) is 0 Å². The van der Waals surface area contributed by atoms with Gasteiger partial charge in [-0.05, 0) is 107 Å². The minimum atomic E-state index is -1.39. The van der Waals surface area contributed by atoms with Crippen LogP contribution in [0.2, 0.25) is 0 Å². The number of esters is 2. The van der Waals surface area contributed by atoms with Crippen LogP contribution in [0, 0.1) is 57.7 Å². The monoisotopic (exact) mass is 788 g/mol. The molecule has 9 fully saturated rings. The van der Waals surface area contributed by atoms with Crippen LogP contribution >= 0.6 is 0 Å². The Hall–Kier alpha value is -2.77.